The van der Waals surface area contributed by atoms with E-state index < -0.39 is 0 Å². The Labute approximate surface area is 161 Å². The second-order valence-corrected chi connectivity index (χ2v) is 8.58. The van der Waals surface area contributed by atoms with E-state index in [1.807, 2.05) is 18.6 Å². The van der Waals surface area contributed by atoms with Crippen molar-refractivity contribution < 1.29 is 4.74 Å². The molecule has 0 N–H and O–H groups in total. The van der Waals surface area contributed by atoms with Crippen LogP contribution in [0.5, 0.6) is 0 Å². The number of fused-ring (bicyclic) bond motifs is 1. The van der Waals surface area contributed by atoms with Gasteiger partial charge in [-0.3, -0.25) is 4.98 Å². The third-order valence-corrected chi connectivity index (χ3v) is 5.80. The van der Waals surface area contributed by atoms with Gasteiger partial charge in [0.1, 0.15) is 0 Å². The Kier molecular flexibility index (Phi) is 5.26. The van der Waals surface area contributed by atoms with Crippen molar-refractivity contribution >= 4 is 10.9 Å². The van der Waals surface area contributed by atoms with E-state index in [9.17, 15) is 0 Å². The van der Waals surface area contributed by atoms with Crippen LogP contribution in [0.15, 0.2) is 55.1 Å². The van der Waals surface area contributed by atoms with Gasteiger partial charge in [0.25, 0.3) is 0 Å². The van der Waals surface area contributed by atoms with Gasteiger partial charge in [0.15, 0.2) is 0 Å². The third kappa shape index (κ3) is 4.56. The molecule has 1 fully saturated rings. The summed E-state index contributed by atoms with van der Waals surface area (Å²) in [6.45, 7) is 6.48. The Morgan fingerprint density at radius 3 is 2.93 bits per heavy atom. The molecule has 0 radical (unpaired) electrons. The summed E-state index contributed by atoms with van der Waals surface area (Å²) in [7, 11) is 0. The zero-order chi connectivity index (χ0) is 18.7. The lowest BCUT2D eigenvalue weighted by Gasteiger charge is -2.40. The van der Waals surface area contributed by atoms with Crippen LogP contribution in [0.2, 0.25) is 0 Å². The molecule has 2 heterocycles. The zero-order valence-corrected chi connectivity index (χ0v) is 16.3. The van der Waals surface area contributed by atoms with Crippen LogP contribution in [0.1, 0.15) is 38.8 Å². The smallest absolute Gasteiger partial charge is 0.0946 e. The van der Waals surface area contributed by atoms with Gasteiger partial charge in [-0.05, 0) is 36.8 Å². The van der Waals surface area contributed by atoms with Gasteiger partial charge in [-0.25, -0.2) is 4.98 Å². The molecule has 0 bridgehead atoms. The Morgan fingerprint density at radius 1 is 1.19 bits per heavy atom. The second-order valence-electron chi connectivity index (χ2n) is 8.58. The van der Waals surface area contributed by atoms with Crippen LogP contribution in [0.3, 0.4) is 0 Å². The van der Waals surface area contributed by atoms with E-state index in [0.717, 1.165) is 37.2 Å². The number of ether oxygens (including phenoxy) is 1. The first-order valence-corrected chi connectivity index (χ1v) is 10.0. The molecule has 1 aromatic carbocycles. The number of para-hydroxylation sites is 1. The molecule has 0 spiro atoms. The van der Waals surface area contributed by atoms with Crippen molar-refractivity contribution in [1.82, 2.24) is 14.5 Å². The van der Waals surface area contributed by atoms with Gasteiger partial charge < -0.3 is 9.30 Å². The monoisotopic (exact) mass is 363 g/mol. The number of pyridine rings is 1. The highest BCUT2D eigenvalue weighted by molar-refractivity contribution is 5.78. The maximum atomic E-state index is 6.38. The van der Waals surface area contributed by atoms with Crippen molar-refractivity contribution in [1.29, 1.82) is 0 Å². The molecule has 1 aliphatic rings. The van der Waals surface area contributed by atoms with Gasteiger partial charge in [0.05, 0.1) is 24.6 Å². The highest BCUT2D eigenvalue weighted by Crippen LogP contribution is 2.40. The Morgan fingerprint density at radius 2 is 2.07 bits per heavy atom. The van der Waals surface area contributed by atoms with Gasteiger partial charge in [0.2, 0.25) is 0 Å². The highest BCUT2D eigenvalue weighted by Gasteiger charge is 2.35. The van der Waals surface area contributed by atoms with E-state index in [1.165, 1.54) is 18.2 Å². The van der Waals surface area contributed by atoms with Crippen molar-refractivity contribution in [3.8, 4) is 0 Å². The fraction of sp³-hybridized carbons (Fsp3) is 0.478. The first-order chi connectivity index (χ1) is 13.1. The fourth-order valence-corrected chi connectivity index (χ4v) is 4.34. The molecule has 142 valence electrons. The Balaban J connectivity index is 1.37. The molecule has 4 nitrogen and oxygen atoms in total. The quantitative estimate of drug-likeness (QED) is 0.626. The summed E-state index contributed by atoms with van der Waals surface area (Å²) in [5.74, 6) is 0.535. The number of hydrogen-bond acceptors (Lipinski definition) is 3. The predicted octanol–water partition coefficient (Wildman–Crippen LogP) is 4.89. The lowest BCUT2D eigenvalue weighted by molar-refractivity contribution is -0.0425. The minimum Gasteiger partial charge on any atom is -0.377 e. The van der Waals surface area contributed by atoms with Crippen LogP contribution < -0.4 is 0 Å². The number of nitrogens with zero attached hydrogens (tertiary/aromatic N) is 3. The van der Waals surface area contributed by atoms with Crippen molar-refractivity contribution in [2.24, 2.45) is 11.3 Å². The molecule has 1 saturated carbocycles. The van der Waals surface area contributed by atoms with Crippen LogP contribution in [-0.2, 0) is 17.7 Å². The predicted molar refractivity (Wildman–Crippen MR) is 109 cm³/mol. The lowest BCUT2D eigenvalue weighted by atomic mass is 9.70. The average molecular weight is 364 g/mol. The highest BCUT2D eigenvalue weighted by atomic mass is 16.5. The minimum absolute atomic E-state index is 0.320. The summed E-state index contributed by atoms with van der Waals surface area (Å²) in [6, 6.07) is 12.6. The summed E-state index contributed by atoms with van der Waals surface area (Å²) in [5.41, 5.74) is 2.56. The molecule has 0 aliphatic heterocycles. The molecule has 0 amide bonds. The summed E-state index contributed by atoms with van der Waals surface area (Å²) in [5, 5.41) is 1.19. The number of benzene rings is 1. The third-order valence-electron chi connectivity index (χ3n) is 5.80. The number of hydrogen-bond donors (Lipinski definition) is 0. The maximum absolute atomic E-state index is 6.38. The van der Waals surface area contributed by atoms with Gasteiger partial charge in [-0.15, -0.1) is 0 Å². The van der Waals surface area contributed by atoms with E-state index >= 15 is 0 Å². The van der Waals surface area contributed by atoms with Crippen LogP contribution in [-0.4, -0.2) is 27.2 Å². The molecular weight excluding hydrogens is 334 g/mol. The number of aromatic nitrogens is 3. The molecule has 0 unspecified atom stereocenters. The largest absolute Gasteiger partial charge is 0.377 e. The Hall–Kier alpha value is -2.20. The summed E-state index contributed by atoms with van der Waals surface area (Å²) < 4.78 is 8.57. The zero-order valence-electron chi connectivity index (χ0n) is 16.3. The molecule has 2 atom stereocenters. The summed E-state index contributed by atoms with van der Waals surface area (Å²) >= 11 is 0. The van der Waals surface area contributed by atoms with E-state index in [4.69, 9.17) is 9.72 Å². The fourth-order valence-electron chi connectivity index (χ4n) is 4.34. The van der Waals surface area contributed by atoms with Crippen molar-refractivity contribution in [2.75, 3.05) is 6.61 Å². The van der Waals surface area contributed by atoms with E-state index in [-0.39, 0.29) is 0 Å². The summed E-state index contributed by atoms with van der Waals surface area (Å²) in [4.78, 5) is 8.96. The van der Waals surface area contributed by atoms with Crippen molar-refractivity contribution in [2.45, 2.75) is 52.2 Å². The molecule has 3 aromatic rings. The molecule has 27 heavy (non-hydrogen) atoms. The SMILES string of the molecule is CC1(C)CC[C@H](OCCc2ccc3ccccc3n2)[C@H](Cn2ccnc2)C1. The van der Waals surface area contributed by atoms with Gasteiger partial charge >= 0.3 is 0 Å². The van der Waals surface area contributed by atoms with Gasteiger partial charge in [-0.2, -0.15) is 0 Å². The number of imidazole rings is 1. The van der Waals surface area contributed by atoms with Crippen LogP contribution in [0.4, 0.5) is 0 Å². The second kappa shape index (κ2) is 7.81. The van der Waals surface area contributed by atoms with Crippen LogP contribution >= 0.6 is 0 Å². The van der Waals surface area contributed by atoms with Gasteiger partial charge in [0, 0.05) is 42.4 Å². The van der Waals surface area contributed by atoms with Crippen molar-refractivity contribution in [3.63, 3.8) is 0 Å². The molecule has 1 aliphatic carbocycles. The van der Waals surface area contributed by atoms with E-state index in [2.05, 4.69) is 59.9 Å². The minimum atomic E-state index is 0.320. The lowest BCUT2D eigenvalue weighted by Crippen LogP contribution is -2.37. The normalized spacial score (nSPS) is 22.1. The standard InChI is InChI=1S/C23H29N3O/c1-23(2)11-9-22(19(15-23)16-26-13-12-24-17-26)27-14-10-20-8-7-18-5-3-4-6-21(18)25-20/h3-8,12-13,17,19,22H,9-11,14-16H2,1-2H3/t19-,22-/m0/s1. The van der Waals surface area contributed by atoms with Crippen molar-refractivity contribution in [3.05, 3.63) is 60.8 Å². The topological polar surface area (TPSA) is 39.9 Å². The first kappa shape index (κ1) is 18.2. The molecule has 2 aromatic heterocycles. The van der Waals surface area contributed by atoms with Gasteiger partial charge in [-0.1, -0.05) is 38.1 Å². The van der Waals surface area contributed by atoms with E-state index in [0.29, 0.717) is 17.4 Å². The molecule has 0 saturated heterocycles. The maximum Gasteiger partial charge on any atom is 0.0946 e. The molecule has 4 rings (SSSR count). The summed E-state index contributed by atoms with van der Waals surface area (Å²) in [6.07, 6.45) is 10.6. The average Bonchev–Trinajstić information content (AvgIpc) is 3.16. The van der Waals surface area contributed by atoms with Crippen LogP contribution in [0.25, 0.3) is 10.9 Å². The number of rotatable bonds is 6. The molecular formula is C23H29N3O. The molecule has 4 heteroatoms. The Bertz CT molecular complexity index is 872. The first-order valence-electron chi connectivity index (χ1n) is 10.0. The van der Waals surface area contributed by atoms with Crippen LogP contribution in [0, 0.1) is 11.3 Å². The van der Waals surface area contributed by atoms with E-state index in [1.54, 1.807) is 0 Å².